The molecule has 2 saturated heterocycles. The lowest BCUT2D eigenvalue weighted by atomic mass is 9.77. The fourth-order valence-corrected chi connectivity index (χ4v) is 3.98. The molecule has 140 valence electrons. The number of carboxylic acids is 1. The third kappa shape index (κ3) is 6.43. The van der Waals surface area contributed by atoms with E-state index < -0.39 is 5.97 Å². The Labute approximate surface area is 151 Å². The number of hydrogen-bond donors (Lipinski definition) is 1. The van der Waals surface area contributed by atoms with Crippen molar-refractivity contribution in [3.63, 3.8) is 0 Å². The van der Waals surface area contributed by atoms with Crippen molar-refractivity contribution in [2.75, 3.05) is 0 Å². The largest absolute Gasteiger partial charge is 0.481 e. The molecule has 0 amide bonds. The van der Waals surface area contributed by atoms with E-state index in [1.165, 1.54) is 0 Å². The molecule has 4 atom stereocenters. The molecule has 2 rings (SSSR count). The van der Waals surface area contributed by atoms with Gasteiger partial charge in [0.25, 0.3) is 0 Å². The van der Waals surface area contributed by atoms with Gasteiger partial charge in [-0.3, -0.25) is 9.59 Å². The molecule has 0 aromatic heterocycles. The summed E-state index contributed by atoms with van der Waals surface area (Å²) in [5.74, 6) is 0.301. The first-order valence-electron chi connectivity index (χ1n) is 9.85. The van der Waals surface area contributed by atoms with E-state index in [-0.39, 0.29) is 18.3 Å². The second-order valence-electron chi connectivity index (χ2n) is 7.31. The van der Waals surface area contributed by atoms with Crippen molar-refractivity contribution in [1.29, 1.82) is 0 Å². The summed E-state index contributed by atoms with van der Waals surface area (Å²) in [6.07, 6.45) is 17.5. The molecular weight excluding hydrogens is 316 g/mol. The van der Waals surface area contributed by atoms with E-state index in [2.05, 4.69) is 25.2 Å². The smallest absolute Gasteiger partial charge is 0.303 e. The van der Waals surface area contributed by atoms with E-state index >= 15 is 0 Å². The Morgan fingerprint density at radius 2 is 1.88 bits per heavy atom. The van der Waals surface area contributed by atoms with Gasteiger partial charge in [0.15, 0.2) is 5.78 Å². The molecule has 0 aliphatic carbocycles. The molecule has 0 saturated carbocycles. The summed E-state index contributed by atoms with van der Waals surface area (Å²) < 4.78 is 6.06. The molecule has 25 heavy (non-hydrogen) atoms. The SMILES string of the molecule is CCCCCC(=O)C=C[C@H]1[C@@H](CC=CCCCC(=O)O)[C@@H]2CC[C@H]1O2. The van der Waals surface area contributed by atoms with Crippen molar-refractivity contribution in [2.45, 2.75) is 83.3 Å². The number of hydrogen-bond acceptors (Lipinski definition) is 3. The molecular formula is C21H32O4. The summed E-state index contributed by atoms with van der Waals surface area (Å²) in [6.45, 7) is 2.15. The minimum absolute atomic E-state index is 0.229. The van der Waals surface area contributed by atoms with Gasteiger partial charge in [0, 0.05) is 18.8 Å². The van der Waals surface area contributed by atoms with E-state index in [1.54, 1.807) is 6.08 Å². The number of ketones is 1. The lowest BCUT2D eigenvalue weighted by Gasteiger charge is -2.24. The highest BCUT2D eigenvalue weighted by Crippen LogP contribution is 2.45. The zero-order chi connectivity index (χ0) is 18.1. The van der Waals surface area contributed by atoms with Gasteiger partial charge in [0.05, 0.1) is 12.2 Å². The first kappa shape index (κ1) is 19.9. The van der Waals surface area contributed by atoms with Crippen LogP contribution in [0.4, 0.5) is 0 Å². The number of carbonyl (C=O) groups is 2. The summed E-state index contributed by atoms with van der Waals surface area (Å²) in [5, 5.41) is 8.64. The van der Waals surface area contributed by atoms with E-state index in [4.69, 9.17) is 9.84 Å². The van der Waals surface area contributed by atoms with Crippen molar-refractivity contribution in [3.8, 4) is 0 Å². The summed E-state index contributed by atoms with van der Waals surface area (Å²) in [7, 11) is 0. The fourth-order valence-electron chi connectivity index (χ4n) is 3.98. The van der Waals surface area contributed by atoms with Gasteiger partial charge in [-0.1, -0.05) is 38.0 Å². The highest BCUT2D eigenvalue weighted by molar-refractivity contribution is 5.89. The van der Waals surface area contributed by atoms with Crippen LogP contribution in [0.1, 0.15) is 71.1 Å². The van der Waals surface area contributed by atoms with Crippen molar-refractivity contribution in [1.82, 2.24) is 0 Å². The molecule has 0 radical (unpaired) electrons. The minimum atomic E-state index is -0.733. The van der Waals surface area contributed by atoms with E-state index in [0.717, 1.165) is 44.9 Å². The molecule has 2 aliphatic heterocycles. The molecule has 2 aliphatic rings. The average Bonchev–Trinajstić information content (AvgIpc) is 3.17. The summed E-state index contributed by atoms with van der Waals surface area (Å²) in [4.78, 5) is 22.5. The monoisotopic (exact) mass is 348 g/mol. The number of allylic oxidation sites excluding steroid dienone is 3. The zero-order valence-corrected chi connectivity index (χ0v) is 15.4. The Balaban J connectivity index is 1.79. The second-order valence-corrected chi connectivity index (χ2v) is 7.31. The van der Waals surface area contributed by atoms with Gasteiger partial charge in [-0.05, 0) is 50.5 Å². The van der Waals surface area contributed by atoms with Gasteiger partial charge >= 0.3 is 5.97 Å². The van der Waals surface area contributed by atoms with Crippen molar-refractivity contribution in [3.05, 3.63) is 24.3 Å². The molecule has 0 unspecified atom stereocenters. The summed E-state index contributed by atoms with van der Waals surface area (Å²) >= 11 is 0. The van der Waals surface area contributed by atoms with Crippen molar-refractivity contribution in [2.24, 2.45) is 11.8 Å². The number of rotatable bonds is 12. The van der Waals surface area contributed by atoms with Gasteiger partial charge in [-0.25, -0.2) is 0 Å². The second kappa shape index (κ2) is 10.5. The molecule has 2 bridgehead atoms. The highest BCUT2D eigenvalue weighted by Gasteiger charge is 2.46. The van der Waals surface area contributed by atoms with Gasteiger partial charge in [0.1, 0.15) is 0 Å². The predicted octanol–water partition coefficient (Wildman–Crippen LogP) is 4.69. The minimum Gasteiger partial charge on any atom is -0.481 e. The fraction of sp³-hybridized carbons (Fsp3) is 0.714. The number of fused-ring (bicyclic) bond motifs is 2. The Morgan fingerprint density at radius 1 is 1.08 bits per heavy atom. The summed E-state index contributed by atoms with van der Waals surface area (Å²) in [6, 6.07) is 0. The van der Waals surface area contributed by atoms with Gasteiger partial charge in [-0.2, -0.15) is 0 Å². The zero-order valence-electron chi connectivity index (χ0n) is 15.4. The third-order valence-electron chi connectivity index (χ3n) is 5.35. The lowest BCUT2D eigenvalue weighted by Crippen LogP contribution is -2.25. The van der Waals surface area contributed by atoms with Crippen LogP contribution in [-0.4, -0.2) is 29.1 Å². The Kier molecular flexibility index (Phi) is 8.39. The van der Waals surface area contributed by atoms with Crippen LogP contribution in [0, 0.1) is 11.8 Å². The third-order valence-corrected chi connectivity index (χ3v) is 5.35. The number of unbranched alkanes of at least 4 members (excludes halogenated alkanes) is 3. The van der Waals surface area contributed by atoms with Crippen molar-refractivity contribution < 1.29 is 19.4 Å². The maximum absolute atomic E-state index is 12.0. The topological polar surface area (TPSA) is 63.6 Å². The maximum atomic E-state index is 12.0. The Bertz CT molecular complexity index is 494. The standard InChI is InChI=1S/C21H32O4/c1-2-3-6-9-16(22)12-13-18-17(19-14-15-20(18)25-19)10-7-4-5-8-11-21(23)24/h4,7,12-13,17-20H,2-3,5-6,8-11,14-15H2,1H3,(H,23,24)/t17-,18+,19+,20-/m1/s1. The molecule has 2 heterocycles. The first-order chi connectivity index (χ1) is 12.1. The summed E-state index contributed by atoms with van der Waals surface area (Å²) in [5.41, 5.74) is 0. The molecule has 4 nitrogen and oxygen atoms in total. The maximum Gasteiger partial charge on any atom is 0.303 e. The average molecular weight is 348 g/mol. The van der Waals surface area contributed by atoms with Crippen LogP contribution >= 0.6 is 0 Å². The van der Waals surface area contributed by atoms with Crippen molar-refractivity contribution >= 4 is 11.8 Å². The molecule has 4 heteroatoms. The van der Waals surface area contributed by atoms with Crippen LogP contribution < -0.4 is 0 Å². The van der Waals surface area contributed by atoms with Crippen LogP contribution in [-0.2, 0) is 14.3 Å². The van der Waals surface area contributed by atoms with Crippen LogP contribution in [0.2, 0.25) is 0 Å². The van der Waals surface area contributed by atoms with E-state index in [0.29, 0.717) is 30.8 Å². The first-order valence-corrected chi connectivity index (χ1v) is 9.85. The Hall–Kier alpha value is -1.42. The van der Waals surface area contributed by atoms with Crippen LogP contribution in [0.15, 0.2) is 24.3 Å². The number of ether oxygens (including phenoxy) is 1. The molecule has 0 aromatic rings. The van der Waals surface area contributed by atoms with Crippen LogP contribution in [0.25, 0.3) is 0 Å². The Morgan fingerprint density at radius 3 is 2.64 bits per heavy atom. The van der Waals surface area contributed by atoms with Gasteiger partial charge in [0.2, 0.25) is 0 Å². The van der Waals surface area contributed by atoms with Crippen LogP contribution in [0.5, 0.6) is 0 Å². The van der Waals surface area contributed by atoms with E-state index in [9.17, 15) is 9.59 Å². The molecule has 0 spiro atoms. The number of carbonyl (C=O) groups excluding carboxylic acids is 1. The van der Waals surface area contributed by atoms with Gasteiger partial charge in [-0.15, -0.1) is 0 Å². The highest BCUT2D eigenvalue weighted by atomic mass is 16.5. The number of carboxylic acid groups (broad SMARTS) is 1. The van der Waals surface area contributed by atoms with E-state index in [1.807, 2.05) is 0 Å². The van der Waals surface area contributed by atoms with Crippen LogP contribution in [0.3, 0.4) is 0 Å². The normalized spacial score (nSPS) is 28.4. The molecule has 2 fully saturated rings. The predicted molar refractivity (Wildman–Crippen MR) is 98.4 cm³/mol. The quantitative estimate of drug-likeness (QED) is 0.316. The lowest BCUT2D eigenvalue weighted by molar-refractivity contribution is -0.137. The number of aliphatic carboxylic acids is 1. The van der Waals surface area contributed by atoms with Gasteiger partial charge < -0.3 is 9.84 Å². The molecule has 0 aromatic carbocycles. The molecule has 1 N–H and O–H groups in total.